The van der Waals surface area contributed by atoms with Gasteiger partial charge in [0, 0.05) is 6.54 Å². The first-order valence-corrected chi connectivity index (χ1v) is 6.65. The van der Waals surface area contributed by atoms with Gasteiger partial charge in [0.15, 0.2) is 0 Å². The molecular formula is C15H23NO. The second-order valence-corrected chi connectivity index (χ2v) is 5.30. The molecule has 2 atom stereocenters. The lowest BCUT2D eigenvalue weighted by molar-refractivity contribution is 0.129. The second-order valence-electron chi connectivity index (χ2n) is 5.30. The van der Waals surface area contributed by atoms with E-state index < -0.39 is 0 Å². The zero-order valence-electron chi connectivity index (χ0n) is 10.9. The van der Waals surface area contributed by atoms with Crippen molar-refractivity contribution in [1.29, 1.82) is 0 Å². The zero-order valence-corrected chi connectivity index (χ0v) is 10.9. The Balaban J connectivity index is 2.00. The summed E-state index contributed by atoms with van der Waals surface area (Å²) in [5.74, 6) is 1.80. The van der Waals surface area contributed by atoms with Crippen molar-refractivity contribution in [3.05, 3.63) is 29.3 Å². The number of nitrogens with two attached hydrogens (primary N) is 1. The smallest absolute Gasteiger partial charge is 0.120 e. The van der Waals surface area contributed by atoms with Crippen molar-refractivity contribution in [1.82, 2.24) is 0 Å². The van der Waals surface area contributed by atoms with Crippen LogP contribution in [0.5, 0.6) is 5.75 Å². The molecule has 1 aromatic rings. The minimum Gasteiger partial charge on any atom is -0.490 e. The predicted octanol–water partition coefficient (Wildman–Crippen LogP) is 3.41. The molecule has 0 saturated heterocycles. The van der Waals surface area contributed by atoms with Gasteiger partial charge in [0.2, 0.25) is 0 Å². The molecule has 94 valence electrons. The molecule has 0 heterocycles. The van der Waals surface area contributed by atoms with Crippen LogP contribution >= 0.6 is 0 Å². The van der Waals surface area contributed by atoms with Crippen LogP contribution in [0.25, 0.3) is 0 Å². The van der Waals surface area contributed by atoms with Gasteiger partial charge < -0.3 is 10.5 Å². The summed E-state index contributed by atoms with van der Waals surface area (Å²) in [4.78, 5) is 0. The molecule has 1 aliphatic rings. The van der Waals surface area contributed by atoms with E-state index in [-0.39, 0.29) is 0 Å². The van der Waals surface area contributed by atoms with Crippen LogP contribution in [0.2, 0.25) is 0 Å². The minimum absolute atomic E-state index is 0.405. The van der Waals surface area contributed by atoms with E-state index in [0.29, 0.717) is 12.6 Å². The lowest BCUT2D eigenvalue weighted by atomic mass is 9.89. The molecule has 2 heteroatoms. The molecule has 1 aromatic carbocycles. The first kappa shape index (κ1) is 12.4. The Morgan fingerprint density at radius 1 is 1.35 bits per heavy atom. The summed E-state index contributed by atoms with van der Waals surface area (Å²) in [6.07, 6.45) is 5.44. The highest BCUT2D eigenvalue weighted by molar-refractivity contribution is 5.34. The Kier molecular flexibility index (Phi) is 4.06. The van der Waals surface area contributed by atoms with Crippen molar-refractivity contribution in [3.8, 4) is 5.75 Å². The van der Waals surface area contributed by atoms with Gasteiger partial charge in [-0.2, -0.15) is 0 Å². The second kappa shape index (κ2) is 5.54. The van der Waals surface area contributed by atoms with Gasteiger partial charge in [0.25, 0.3) is 0 Å². The quantitative estimate of drug-likeness (QED) is 0.868. The van der Waals surface area contributed by atoms with Crippen molar-refractivity contribution in [2.24, 2.45) is 11.7 Å². The van der Waals surface area contributed by atoms with Crippen molar-refractivity contribution in [2.45, 2.75) is 52.2 Å². The monoisotopic (exact) mass is 233 g/mol. The maximum atomic E-state index is 6.07. The first-order chi connectivity index (χ1) is 8.19. The molecule has 17 heavy (non-hydrogen) atoms. The summed E-state index contributed by atoms with van der Waals surface area (Å²) >= 11 is 0. The molecule has 2 unspecified atom stereocenters. The summed E-state index contributed by atoms with van der Waals surface area (Å²) < 4.78 is 6.07. The van der Waals surface area contributed by atoms with E-state index >= 15 is 0 Å². The van der Waals surface area contributed by atoms with Crippen molar-refractivity contribution in [2.75, 3.05) is 0 Å². The Labute approximate surface area is 104 Å². The van der Waals surface area contributed by atoms with Crippen LogP contribution in [0, 0.1) is 12.8 Å². The fraction of sp³-hybridized carbons (Fsp3) is 0.600. The van der Waals surface area contributed by atoms with Crippen LogP contribution in [0.4, 0.5) is 0 Å². The molecule has 2 N–H and O–H groups in total. The number of hydrogen-bond acceptors (Lipinski definition) is 2. The molecule has 0 bridgehead atoms. The summed E-state index contributed by atoms with van der Waals surface area (Å²) in [5, 5.41) is 0. The fourth-order valence-electron chi connectivity index (χ4n) is 2.65. The largest absolute Gasteiger partial charge is 0.490 e. The molecular weight excluding hydrogens is 210 g/mol. The Bertz CT molecular complexity index is 375. The maximum absolute atomic E-state index is 6.07. The van der Waals surface area contributed by atoms with Gasteiger partial charge >= 0.3 is 0 Å². The Morgan fingerprint density at radius 2 is 2.18 bits per heavy atom. The number of ether oxygens (including phenoxy) is 1. The third kappa shape index (κ3) is 3.22. The molecule has 0 amide bonds. The lowest BCUT2D eigenvalue weighted by Crippen LogP contribution is -2.24. The van der Waals surface area contributed by atoms with Crippen LogP contribution in [-0.4, -0.2) is 6.10 Å². The zero-order chi connectivity index (χ0) is 12.3. The topological polar surface area (TPSA) is 35.2 Å². The van der Waals surface area contributed by atoms with Gasteiger partial charge in [0.1, 0.15) is 5.75 Å². The van der Waals surface area contributed by atoms with Crippen LogP contribution in [0.15, 0.2) is 18.2 Å². The maximum Gasteiger partial charge on any atom is 0.120 e. The molecule has 0 radical (unpaired) electrons. The average molecular weight is 233 g/mol. The molecule has 2 nitrogen and oxygen atoms in total. The fourth-order valence-corrected chi connectivity index (χ4v) is 2.65. The van der Waals surface area contributed by atoms with Gasteiger partial charge in [-0.25, -0.2) is 0 Å². The van der Waals surface area contributed by atoms with Gasteiger partial charge in [-0.15, -0.1) is 0 Å². The van der Waals surface area contributed by atoms with Crippen LogP contribution in [-0.2, 0) is 6.54 Å². The first-order valence-electron chi connectivity index (χ1n) is 6.65. The van der Waals surface area contributed by atoms with Crippen molar-refractivity contribution >= 4 is 0 Å². The summed E-state index contributed by atoms with van der Waals surface area (Å²) in [6, 6.07) is 6.24. The van der Waals surface area contributed by atoms with Crippen LogP contribution < -0.4 is 10.5 Å². The number of benzene rings is 1. The summed E-state index contributed by atoms with van der Waals surface area (Å²) in [6.45, 7) is 5.02. The normalized spacial score (nSPS) is 24.6. The van der Waals surface area contributed by atoms with Crippen molar-refractivity contribution in [3.63, 3.8) is 0 Å². The van der Waals surface area contributed by atoms with E-state index in [9.17, 15) is 0 Å². The standard InChI is InChI=1S/C15H23NO/c1-11-4-3-5-14(8-11)17-15-7-6-13(10-16)12(2)9-15/h6-7,9,11,14H,3-5,8,10,16H2,1-2H3. The highest BCUT2D eigenvalue weighted by atomic mass is 16.5. The van der Waals surface area contributed by atoms with Gasteiger partial charge in [-0.05, 0) is 55.4 Å². The SMILES string of the molecule is Cc1cc(OC2CCCC(C)C2)ccc1CN. The third-order valence-electron chi connectivity index (χ3n) is 3.73. The summed E-state index contributed by atoms with van der Waals surface area (Å²) in [7, 11) is 0. The third-order valence-corrected chi connectivity index (χ3v) is 3.73. The predicted molar refractivity (Wildman–Crippen MR) is 71.1 cm³/mol. The highest BCUT2D eigenvalue weighted by Gasteiger charge is 2.20. The molecule has 0 spiro atoms. The summed E-state index contributed by atoms with van der Waals surface area (Å²) in [5.41, 5.74) is 8.10. The van der Waals surface area contributed by atoms with Gasteiger partial charge in [0.05, 0.1) is 6.10 Å². The number of aryl methyl sites for hydroxylation is 1. The minimum atomic E-state index is 0.405. The Hall–Kier alpha value is -1.02. The molecule has 2 rings (SSSR count). The van der Waals surface area contributed by atoms with Crippen LogP contribution in [0.1, 0.15) is 43.7 Å². The molecule has 1 fully saturated rings. The Morgan fingerprint density at radius 3 is 2.82 bits per heavy atom. The average Bonchev–Trinajstić information content (AvgIpc) is 2.29. The van der Waals surface area contributed by atoms with Crippen molar-refractivity contribution < 1.29 is 4.74 Å². The van der Waals surface area contributed by atoms with E-state index in [4.69, 9.17) is 10.5 Å². The number of hydrogen-bond donors (Lipinski definition) is 1. The van der Waals surface area contributed by atoms with Gasteiger partial charge in [-0.3, -0.25) is 0 Å². The number of rotatable bonds is 3. The molecule has 0 aromatic heterocycles. The van der Waals surface area contributed by atoms with E-state index in [1.807, 2.05) is 0 Å². The van der Waals surface area contributed by atoms with Crippen LogP contribution in [0.3, 0.4) is 0 Å². The molecule has 1 saturated carbocycles. The lowest BCUT2D eigenvalue weighted by Gasteiger charge is -2.27. The van der Waals surface area contributed by atoms with E-state index in [1.54, 1.807) is 0 Å². The molecule has 1 aliphatic carbocycles. The highest BCUT2D eigenvalue weighted by Crippen LogP contribution is 2.28. The molecule has 0 aliphatic heterocycles. The van der Waals surface area contributed by atoms with E-state index in [2.05, 4.69) is 32.0 Å². The van der Waals surface area contributed by atoms with Gasteiger partial charge in [-0.1, -0.05) is 19.4 Å². The van der Waals surface area contributed by atoms with E-state index in [0.717, 1.165) is 11.7 Å². The van der Waals surface area contributed by atoms with E-state index in [1.165, 1.54) is 36.8 Å².